The van der Waals surface area contributed by atoms with Gasteiger partial charge in [0.15, 0.2) is 5.13 Å². The molecule has 0 bridgehead atoms. The van der Waals surface area contributed by atoms with Gasteiger partial charge in [0.25, 0.3) is 0 Å². The van der Waals surface area contributed by atoms with Crippen LogP contribution in [-0.2, 0) is 11.3 Å². The van der Waals surface area contributed by atoms with Crippen LogP contribution < -0.4 is 5.32 Å². The molecule has 1 saturated carbocycles. The number of aryl methyl sites for hydroxylation is 1. The third-order valence-electron chi connectivity index (χ3n) is 5.34. The van der Waals surface area contributed by atoms with Crippen LogP contribution in [0.3, 0.4) is 0 Å². The molecule has 2 aliphatic rings. The Labute approximate surface area is 143 Å². The summed E-state index contributed by atoms with van der Waals surface area (Å²) in [5.74, 6) is 1.23. The molecule has 0 radical (unpaired) electrons. The molecule has 1 aromatic rings. The lowest BCUT2D eigenvalue weighted by molar-refractivity contribution is -0.120. The second-order valence-corrected chi connectivity index (χ2v) is 8.39. The van der Waals surface area contributed by atoms with E-state index in [1.807, 2.05) is 0 Å². The van der Waals surface area contributed by atoms with Gasteiger partial charge in [0.2, 0.25) is 5.91 Å². The Morgan fingerprint density at radius 3 is 2.61 bits per heavy atom. The highest BCUT2D eigenvalue weighted by atomic mass is 32.1. The van der Waals surface area contributed by atoms with Crippen LogP contribution in [0, 0.1) is 18.8 Å². The minimum absolute atomic E-state index is 0.178. The molecule has 23 heavy (non-hydrogen) atoms. The van der Waals surface area contributed by atoms with Crippen LogP contribution in [0.15, 0.2) is 0 Å². The van der Waals surface area contributed by atoms with E-state index < -0.39 is 0 Å². The van der Waals surface area contributed by atoms with E-state index in [1.165, 1.54) is 50.1 Å². The molecule has 5 heteroatoms. The molecule has 0 spiro atoms. The molecule has 2 fully saturated rings. The average molecular weight is 336 g/mol. The normalized spacial score (nSPS) is 21.5. The smallest absolute Gasteiger partial charge is 0.229 e. The Hall–Kier alpha value is -0.940. The summed E-state index contributed by atoms with van der Waals surface area (Å²) in [7, 11) is 0. The number of nitrogens with zero attached hydrogens (tertiary/aromatic N) is 2. The van der Waals surface area contributed by atoms with Gasteiger partial charge in [-0.25, -0.2) is 4.98 Å². The standard InChI is InChI=1S/C18H29N3OS/c1-13-8-10-21(11-9-13)12-16-14(2)19-18(23-16)20-17(22)15-6-4-3-5-7-15/h13,15H,3-12H2,1-2H3,(H,19,20,22). The first-order valence-corrected chi connectivity index (χ1v) is 9.93. The van der Waals surface area contributed by atoms with E-state index in [1.54, 1.807) is 11.3 Å². The van der Waals surface area contributed by atoms with Crippen molar-refractivity contribution in [2.75, 3.05) is 18.4 Å². The largest absolute Gasteiger partial charge is 0.302 e. The van der Waals surface area contributed by atoms with Crippen molar-refractivity contribution in [3.63, 3.8) is 0 Å². The summed E-state index contributed by atoms with van der Waals surface area (Å²) in [5.41, 5.74) is 1.08. The predicted molar refractivity (Wildman–Crippen MR) is 95.7 cm³/mol. The van der Waals surface area contributed by atoms with E-state index in [-0.39, 0.29) is 11.8 Å². The number of likely N-dealkylation sites (tertiary alicyclic amines) is 1. The van der Waals surface area contributed by atoms with Crippen molar-refractivity contribution in [3.8, 4) is 0 Å². The molecule has 1 aliphatic heterocycles. The Morgan fingerprint density at radius 2 is 1.91 bits per heavy atom. The molecule has 128 valence electrons. The summed E-state index contributed by atoms with van der Waals surface area (Å²) in [4.78, 5) is 20.8. The lowest BCUT2D eigenvalue weighted by Crippen LogP contribution is -2.32. The number of hydrogen-bond donors (Lipinski definition) is 1. The fraction of sp³-hybridized carbons (Fsp3) is 0.778. The molecule has 1 aromatic heterocycles. The summed E-state index contributed by atoms with van der Waals surface area (Å²) < 4.78 is 0. The number of thiazole rings is 1. The molecule has 0 unspecified atom stereocenters. The van der Waals surface area contributed by atoms with Crippen LogP contribution in [0.4, 0.5) is 5.13 Å². The SMILES string of the molecule is Cc1nc(NC(=O)C2CCCCC2)sc1CN1CCC(C)CC1. The lowest BCUT2D eigenvalue weighted by Gasteiger charge is -2.29. The number of carbonyl (C=O) groups is 1. The molecular weight excluding hydrogens is 306 g/mol. The number of carbonyl (C=O) groups excluding carboxylic acids is 1. The number of hydrogen-bond acceptors (Lipinski definition) is 4. The van der Waals surface area contributed by atoms with Gasteiger partial charge in [-0.1, -0.05) is 26.2 Å². The minimum atomic E-state index is 0.178. The molecule has 1 saturated heterocycles. The molecule has 3 rings (SSSR count). The Bertz CT molecular complexity index is 528. The van der Waals surface area contributed by atoms with Crippen molar-refractivity contribution in [1.29, 1.82) is 0 Å². The maximum atomic E-state index is 12.4. The summed E-state index contributed by atoms with van der Waals surface area (Å²) >= 11 is 1.66. The van der Waals surface area contributed by atoms with Gasteiger partial charge in [-0.3, -0.25) is 9.69 Å². The van der Waals surface area contributed by atoms with Gasteiger partial charge in [0.1, 0.15) is 0 Å². The fourth-order valence-corrected chi connectivity index (χ4v) is 4.63. The second kappa shape index (κ2) is 7.75. The van der Waals surface area contributed by atoms with Crippen molar-refractivity contribution in [1.82, 2.24) is 9.88 Å². The number of nitrogens with one attached hydrogen (secondary N) is 1. The first kappa shape index (κ1) is 16.9. The maximum Gasteiger partial charge on any atom is 0.229 e. The third-order valence-corrected chi connectivity index (χ3v) is 6.40. The first-order valence-electron chi connectivity index (χ1n) is 9.11. The van der Waals surface area contributed by atoms with E-state index in [0.29, 0.717) is 0 Å². The molecule has 1 N–H and O–H groups in total. The number of anilines is 1. The van der Waals surface area contributed by atoms with Crippen LogP contribution in [0.2, 0.25) is 0 Å². The molecule has 2 heterocycles. The molecule has 0 aromatic carbocycles. The minimum Gasteiger partial charge on any atom is -0.302 e. The number of amides is 1. The van der Waals surface area contributed by atoms with Crippen molar-refractivity contribution >= 4 is 22.4 Å². The highest BCUT2D eigenvalue weighted by Crippen LogP contribution is 2.29. The van der Waals surface area contributed by atoms with Gasteiger partial charge in [-0.05, 0) is 51.6 Å². The van der Waals surface area contributed by atoms with Crippen molar-refractivity contribution in [2.24, 2.45) is 11.8 Å². The van der Waals surface area contributed by atoms with Crippen molar-refractivity contribution in [2.45, 2.75) is 65.3 Å². The van der Waals surface area contributed by atoms with Gasteiger partial charge in [0.05, 0.1) is 5.69 Å². The first-order chi connectivity index (χ1) is 11.1. The lowest BCUT2D eigenvalue weighted by atomic mass is 9.89. The quantitative estimate of drug-likeness (QED) is 0.897. The van der Waals surface area contributed by atoms with E-state index in [2.05, 4.69) is 29.0 Å². The van der Waals surface area contributed by atoms with E-state index >= 15 is 0 Å². The Balaban J connectivity index is 1.56. The van der Waals surface area contributed by atoms with Crippen LogP contribution >= 0.6 is 11.3 Å². The second-order valence-electron chi connectivity index (χ2n) is 7.31. The molecular formula is C18H29N3OS. The summed E-state index contributed by atoms with van der Waals surface area (Å²) in [6, 6.07) is 0. The zero-order valence-corrected chi connectivity index (χ0v) is 15.3. The summed E-state index contributed by atoms with van der Waals surface area (Å²) in [5, 5.41) is 3.86. The highest BCUT2D eigenvalue weighted by molar-refractivity contribution is 7.15. The van der Waals surface area contributed by atoms with Crippen LogP contribution in [0.5, 0.6) is 0 Å². The summed E-state index contributed by atoms with van der Waals surface area (Å²) in [6.45, 7) is 7.75. The van der Waals surface area contributed by atoms with Crippen LogP contribution in [0.25, 0.3) is 0 Å². The van der Waals surface area contributed by atoms with Gasteiger partial charge in [0, 0.05) is 17.3 Å². The topological polar surface area (TPSA) is 45.2 Å². The van der Waals surface area contributed by atoms with E-state index in [4.69, 9.17) is 0 Å². The Morgan fingerprint density at radius 1 is 1.22 bits per heavy atom. The van der Waals surface area contributed by atoms with E-state index in [9.17, 15) is 4.79 Å². The van der Waals surface area contributed by atoms with Gasteiger partial charge >= 0.3 is 0 Å². The van der Waals surface area contributed by atoms with E-state index in [0.717, 1.165) is 36.1 Å². The van der Waals surface area contributed by atoms with Crippen molar-refractivity contribution in [3.05, 3.63) is 10.6 Å². The summed E-state index contributed by atoms with van der Waals surface area (Å²) in [6.07, 6.45) is 8.32. The number of aromatic nitrogens is 1. The van der Waals surface area contributed by atoms with Gasteiger partial charge in [-0.2, -0.15) is 0 Å². The predicted octanol–water partition coefficient (Wildman–Crippen LogP) is 4.20. The van der Waals surface area contributed by atoms with Crippen LogP contribution in [-0.4, -0.2) is 28.9 Å². The van der Waals surface area contributed by atoms with Crippen molar-refractivity contribution < 1.29 is 4.79 Å². The molecule has 0 atom stereocenters. The molecule has 1 aliphatic carbocycles. The fourth-order valence-electron chi connectivity index (χ4n) is 3.62. The maximum absolute atomic E-state index is 12.4. The molecule has 1 amide bonds. The zero-order chi connectivity index (χ0) is 16.2. The molecule has 4 nitrogen and oxygen atoms in total. The van der Waals surface area contributed by atoms with Gasteiger partial charge < -0.3 is 5.32 Å². The third kappa shape index (κ3) is 4.54. The average Bonchev–Trinajstić information content (AvgIpc) is 2.90. The zero-order valence-electron chi connectivity index (χ0n) is 14.4. The monoisotopic (exact) mass is 335 g/mol. The van der Waals surface area contributed by atoms with Gasteiger partial charge in [-0.15, -0.1) is 11.3 Å². The number of rotatable bonds is 4. The Kier molecular flexibility index (Phi) is 5.70. The highest BCUT2D eigenvalue weighted by Gasteiger charge is 2.23. The van der Waals surface area contributed by atoms with Crippen LogP contribution in [0.1, 0.15) is 62.4 Å². The number of piperidine rings is 1.